The highest BCUT2D eigenvalue weighted by molar-refractivity contribution is 5.98. The number of nitrogens with one attached hydrogen (secondary N) is 2. The van der Waals surface area contributed by atoms with Gasteiger partial charge in [-0.15, -0.1) is 0 Å². The van der Waals surface area contributed by atoms with Crippen LogP contribution in [0.1, 0.15) is 34.7 Å². The molecule has 1 aromatic rings. The number of carbonyl (C=O) groups excluding carboxylic acids is 1. The first-order valence-corrected chi connectivity index (χ1v) is 3.69. The molecule has 0 saturated heterocycles. The zero-order valence-electron chi connectivity index (χ0n) is 6.56. The standard InChI is InChI=1S/C8H10N2O/c1-4-3-6-7(9-4)5(2)10-8(6)11/h3,5,9H,1-2H3,(H,10,11). The Morgan fingerprint density at radius 1 is 1.55 bits per heavy atom. The van der Waals surface area contributed by atoms with Gasteiger partial charge in [0.15, 0.2) is 0 Å². The van der Waals surface area contributed by atoms with Crippen molar-refractivity contribution in [3.8, 4) is 0 Å². The van der Waals surface area contributed by atoms with Crippen LogP contribution in [0.4, 0.5) is 0 Å². The van der Waals surface area contributed by atoms with E-state index in [1.54, 1.807) is 0 Å². The molecule has 1 aliphatic rings. The van der Waals surface area contributed by atoms with Crippen LogP contribution in [0.15, 0.2) is 6.07 Å². The van der Waals surface area contributed by atoms with Gasteiger partial charge < -0.3 is 10.3 Å². The molecule has 0 spiro atoms. The summed E-state index contributed by atoms with van der Waals surface area (Å²) in [5.41, 5.74) is 2.87. The average Bonchev–Trinajstić information content (AvgIpc) is 2.38. The fourth-order valence-electron chi connectivity index (χ4n) is 1.49. The van der Waals surface area contributed by atoms with Crippen LogP contribution in [0.3, 0.4) is 0 Å². The molecule has 58 valence electrons. The lowest BCUT2D eigenvalue weighted by Gasteiger charge is -2.00. The molecule has 1 aromatic heterocycles. The van der Waals surface area contributed by atoms with Crippen LogP contribution in [-0.2, 0) is 0 Å². The lowest BCUT2D eigenvalue weighted by atomic mass is 10.2. The number of hydrogen-bond acceptors (Lipinski definition) is 1. The van der Waals surface area contributed by atoms with Gasteiger partial charge in [-0.05, 0) is 19.9 Å². The Morgan fingerprint density at radius 2 is 2.27 bits per heavy atom. The summed E-state index contributed by atoms with van der Waals surface area (Å²) in [6, 6.07) is 2.03. The molecule has 3 nitrogen and oxygen atoms in total. The zero-order chi connectivity index (χ0) is 8.01. The number of aromatic amines is 1. The first kappa shape index (κ1) is 6.46. The molecule has 0 aromatic carbocycles. The highest BCUT2D eigenvalue weighted by Crippen LogP contribution is 2.24. The molecule has 0 bridgehead atoms. The fraction of sp³-hybridized carbons (Fsp3) is 0.375. The first-order chi connectivity index (χ1) is 5.18. The third kappa shape index (κ3) is 0.770. The van der Waals surface area contributed by atoms with Gasteiger partial charge in [-0.1, -0.05) is 0 Å². The van der Waals surface area contributed by atoms with Crippen molar-refractivity contribution >= 4 is 5.91 Å². The van der Waals surface area contributed by atoms with Crippen LogP contribution < -0.4 is 5.32 Å². The Morgan fingerprint density at radius 3 is 2.91 bits per heavy atom. The molecular weight excluding hydrogens is 140 g/mol. The maximum Gasteiger partial charge on any atom is 0.253 e. The summed E-state index contributed by atoms with van der Waals surface area (Å²) in [6.07, 6.45) is 0. The first-order valence-electron chi connectivity index (χ1n) is 3.69. The van der Waals surface area contributed by atoms with Crippen molar-refractivity contribution in [3.63, 3.8) is 0 Å². The number of aromatic nitrogens is 1. The van der Waals surface area contributed by atoms with Gasteiger partial charge in [0, 0.05) is 5.69 Å². The van der Waals surface area contributed by atoms with Gasteiger partial charge in [0.2, 0.25) is 0 Å². The quantitative estimate of drug-likeness (QED) is 0.572. The Bertz CT molecular complexity index is 314. The van der Waals surface area contributed by atoms with E-state index in [1.165, 1.54) is 0 Å². The van der Waals surface area contributed by atoms with Crippen molar-refractivity contribution in [3.05, 3.63) is 23.0 Å². The molecule has 1 amide bonds. The average molecular weight is 150 g/mol. The van der Waals surface area contributed by atoms with Crippen LogP contribution in [0.2, 0.25) is 0 Å². The molecule has 0 radical (unpaired) electrons. The van der Waals surface area contributed by atoms with Crippen LogP contribution in [0.5, 0.6) is 0 Å². The van der Waals surface area contributed by atoms with E-state index in [0.29, 0.717) is 0 Å². The summed E-state index contributed by atoms with van der Waals surface area (Å²) >= 11 is 0. The second-order valence-electron chi connectivity index (χ2n) is 2.97. The molecule has 2 N–H and O–H groups in total. The van der Waals surface area contributed by atoms with Gasteiger partial charge in [0.05, 0.1) is 17.3 Å². The topological polar surface area (TPSA) is 44.9 Å². The van der Waals surface area contributed by atoms with E-state index in [4.69, 9.17) is 0 Å². The maximum atomic E-state index is 11.2. The molecule has 3 heteroatoms. The third-order valence-electron chi connectivity index (χ3n) is 2.01. The largest absolute Gasteiger partial charge is 0.360 e. The molecule has 0 fully saturated rings. The minimum absolute atomic E-state index is 0.0388. The highest BCUT2D eigenvalue weighted by atomic mass is 16.2. The van der Waals surface area contributed by atoms with E-state index in [0.717, 1.165) is 17.0 Å². The molecule has 2 heterocycles. The van der Waals surface area contributed by atoms with E-state index >= 15 is 0 Å². The van der Waals surface area contributed by atoms with Gasteiger partial charge >= 0.3 is 0 Å². The normalized spacial score (nSPS) is 21.6. The predicted octanol–water partition coefficient (Wildman–Crippen LogP) is 1.13. The molecule has 11 heavy (non-hydrogen) atoms. The number of carbonyl (C=O) groups is 1. The number of fused-ring (bicyclic) bond motifs is 1. The lowest BCUT2D eigenvalue weighted by Crippen LogP contribution is -2.17. The van der Waals surface area contributed by atoms with Gasteiger partial charge in [-0.2, -0.15) is 0 Å². The summed E-state index contributed by atoms with van der Waals surface area (Å²) in [5, 5.41) is 2.82. The summed E-state index contributed by atoms with van der Waals surface area (Å²) < 4.78 is 0. The lowest BCUT2D eigenvalue weighted by molar-refractivity contribution is 0.0958. The van der Waals surface area contributed by atoms with Gasteiger partial charge in [-0.3, -0.25) is 4.79 Å². The monoisotopic (exact) mass is 150 g/mol. The van der Waals surface area contributed by atoms with E-state index < -0.39 is 0 Å². The van der Waals surface area contributed by atoms with Crippen molar-refractivity contribution in [2.75, 3.05) is 0 Å². The Balaban J connectivity index is 2.58. The minimum atomic E-state index is 0.0388. The van der Waals surface area contributed by atoms with E-state index in [2.05, 4.69) is 10.3 Å². The van der Waals surface area contributed by atoms with Crippen molar-refractivity contribution in [2.45, 2.75) is 19.9 Å². The minimum Gasteiger partial charge on any atom is -0.360 e. The van der Waals surface area contributed by atoms with Crippen molar-refractivity contribution < 1.29 is 4.79 Å². The third-order valence-corrected chi connectivity index (χ3v) is 2.01. The fourth-order valence-corrected chi connectivity index (χ4v) is 1.49. The van der Waals surface area contributed by atoms with Crippen molar-refractivity contribution in [1.29, 1.82) is 0 Å². The number of H-pyrrole nitrogens is 1. The number of hydrogen-bond donors (Lipinski definition) is 2. The second kappa shape index (κ2) is 1.87. The Labute approximate surface area is 64.8 Å². The zero-order valence-corrected chi connectivity index (χ0v) is 6.56. The SMILES string of the molecule is Cc1cc2c([nH]1)C(C)NC2=O. The smallest absolute Gasteiger partial charge is 0.253 e. The molecular formula is C8H10N2O. The van der Waals surface area contributed by atoms with Gasteiger partial charge in [0.25, 0.3) is 5.91 Å². The number of rotatable bonds is 0. The number of aryl methyl sites for hydroxylation is 1. The summed E-state index contributed by atoms with van der Waals surface area (Å²) in [7, 11) is 0. The van der Waals surface area contributed by atoms with Crippen LogP contribution in [0.25, 0.3) is 0 Å². The van der Waals surface area contributed by atoms with Crippen LogP contribution >= 0.6 is 0 Å². The Kier molecular flexibility index (Phi) is 1.10. The van der Waals surface area contributed by atoms with Crippen LogP contribution in [-0.4, -0.2) is 10.9 Å². The summed E-state index contributed by atoms with van der Waals surface area (Å²) in [5.74, 6) is 0.0388. The molecule has 2 rings (SSSR count). The Hall–Kier alpha value is -1.25. The van der Waals surface area contributed by atoms with Gasteiger partial charge in [0.1, 0.15) is 0 Å². The van der Waals surface area contributed by atoms with Crippen LogP contribution in [0, 0.1) is 6.92 Å². The van der Waals surface area contributed by atoms with Crippen molar-refractivity contribution in [2.24, 2.45) is 0 Å². The molecule has 1 aliphatic heterocycles. The molecule has 1 unspecified atom stereocenters. The summed E-state index contributed by atoms with van der Waals surface area (Å²) in [6.45, 7) is 3.93. The summed E-state index contributed by atoms with van der Waals surface area (Å²) in [4.78, 5) is 14.3. The predicted molar refractivity (Wildman–Crippen MR) is 41.4 cm³/mol. The maximum absolute atomic E-state index is 11.2. The molecule has 0 saturated carbocycles. The van der Waals surface area contributed by atoms with E-state index in [-0.39, 0.29) is 11.9 Å². The second-order valence-corrected chi connectivity index (χ2v) is 2.97. The highest BCUT2D eigenvalue weighted by Gasteiger charge is 2.26. The van der Waals surface area contributed by atoms with Crippen molar-refractivity contribution in [1.82, 2.24) is 10.3 Å². The van der Waals surface area contributed by atoms with Gasteiger partial charge in [-0.25, -0.2) is 0 Å². The molecule has 1 atom stereocenters. The van der Waals surface area contributed by atoms with E-state index in [9.17, 15) is 4.79 Å². The van der Waals surface area contributed by atoms with E-state index in [1.807, 2.05) is 19.9 Å². The number of amides is 1. The molecule has 0 aliphatic carbocycles.